The van der Waals surface area contributed by atoms with Crippen LogP contribution in [-0.2, 0) is 16.6 Å². The lowest BCUT2D eigenvalue weighted by Crippen LogP contribution is -2.29. The summed E-state index contributed by atoms with van der Waals surface area (Å²) < 4.78 is 55.4. The maximum Gasteiger partial charge on any atom is 0.314 e. The Bertz CT molecular complexity index is 1020. The summed E-state index contributed by atoms with van der Waals surface area (Å²) in [7, 11) is -3.59. The van der Waals surface area contributed by atoms with Crippen molar-refractivity contribution >= 4 is 27.0 Å². The molecule has 3 rings (SSSR count). The number of hydrogen-bond donors (Lipinski definition) is 0. The molecule has 8 nitrogen and oxygen atoms in total. The summed E-state index contributed by atoms with van der Waals surface area (Å²) in [5.41, 5.74) is 1.21. The maximum absolute atomic E-state index is 12.5. The number of thiazole rings is 1. The van der Waals surface area contributed by atoms with Gasteiger partial charge in [0.15, 0.2) is 0 Å². The van der Waals surface area contributed by atoms with Crippen LogP contribution in [0.3, 0.4) is 0 Å². The zero-order valence-electron chi connectivity index (χ0n) is 13.6. The van der Waals surface area contributed by atoms with Crippen LogP contribution in [0.2, 0.25) is 0 Å². The quantitative estimate of drug-likeness (QED) is 0.626. The Hall–Kier alpha value is -2.47. The van der Waals surface area contributed by atoms with Crippen molar-refractivity contribution in [2.24, 2.45) is 0 Å². The normalized spacial score (nSPS) is 11.9. The van der Waals surface area contributed by atoms with E-state index < -0.39 is 22.3 Å². The van der Waals surface area contributed by atoms with Gasteiger partial charge >= 0.3 is 6.43 Å². The summed E-state index contributed by atoms with van der Waals surface area (Å²) in [6.07, 6.45) is 2.64. The molecule has 3 heterocycles. The number of halogens is 2. The minimum Gasteiger partial charge on any atom is -0.414 e. The molecule has 0 N–H and O–H groups in total. The monoisotopic (exact) mass is 401 g/mol. The molecular formula is C14H13F2N5O3S2. The van der Waals surface area contributed by atoms with Gasteiger partial charge in [0, 0.05) is 6.20 Å². The van der Waals surface area contributed by atoms with Gasteiger partial charge in [0.25, 0.3) is 11.8 Å². The summed E-state index contributed by atoms with van der Waals surface area (Å²) in [4.78, 5) is 8.50. The van der Waals surface area contributed by atoms with Crippen molar-refractivity contribution < 1.29 is 21.6 Å². The van der Waals surface area contributed by atoms with Crippen LogP contribution in [-0.4, -0.2) is 34.8 Å². The van der Waals surface area contributed by atoms with Crippen LogP contribution < -0.4 is 4.31 Å². The highest BCUT2D eigenvalue weighted by molar-refractivity contribution is 7.92. The zero-order valence-corrected chi connectivity index (χ0v) is 15.3. The number of nitrogens with zero attached hydrogens (tertiary/aromatic N) is 5. The highest BCUT2D eigenvalue weighted by atomic mass is 32.2. The van der Waals surface area contributed by atoms with Crippen molar-refractivity contribution in [3.05, 3.63) is 41.1 Å². The molecule has 3 aromatic rings. The topological polar surface area (TPSA) is 102 Å². The second-order valence-corrected chi connectivity index (χ2v) is 8.38. The fraction of sp³-hybridized carbons (Fsp3) is 0.286. The molecule has 0 amide bonds. The minimum atomic E-state index is -3.59. The van der Waals surface area contributed by atoms with E-state index in [1.165, 1.54) is 12.4 Å². The average Bonchev–Trinajstić information content (AvgIpc) is 3.20. The van der Waals surface area contributed by atoms with Gasteiger partial charge in [0.05, 0.1) is 30.9 Å². The third-order valence-corrected chi connectivity index (χ3v) is 5.33. The first-order chi connectivity index (χ1) is 12.2. The number of aromatic nitrogens is 4. The predicted molar refractivity (Wildman–Crippen MR) is 90.4 cm³/mol. The molecule has 26 heavy (non-hydrogen) atoms. The Morgan fingerprint density at radius 2 is 2.04 bits per heavy atom. The second-order valence-electron chi connectivity index (χ2n) is 5.35. The molecule has 0 saturated heterocycles. The molecule has 0 aliphatic heterocycles. The number of pyridine rings is 1. The largest absolute Gasteiger partial charge is 0.414 e. The van der Waals surface area contributed by atoms with Crippen LogP contribution in [0.1, 0.15) is 22.9 Å². The molecule has 0 atom stereocenters. The minimum absolute atomic E-state index is 0.0372. The van der Waals surface area contributed by atoms with Crippen molar-refractivity contribution in [2.75, 3.05) is 10.6 Å². The highest BCUT2D eigenvalue weighted by Gasteiger charge is 2.22. The lowest BCUT2D eigenvalue weighted by atomic mass is 10.3. The molecule has 3 aromatic heterocycles. The summed E-state index contributed by atoms with van der Waals surface area (Å²) in [5, 5.41) is 7.24. The van der Waals surface area contributed by atoms with E-state index in [1.807, 2.05) is 0 Å². The predicted octanol–water partition coefficient (Wildman–Crippen LogP) is 2.80. The van der Waals surface area contributed by atoms with Crippen LogP contribution in [0.25, 0.3) is 10.8 Å². The van der Waals surface area contributed by atoms with Gasteiger partial charge in [-0.2, -0.15) is 8.78 Å². The number of rotatable bonds is 6. The number of anilines is 1. The number of aryl methyl sites for hydroxylation is 1. The lowest BCUT2D eigenvalue weighted by Gasteiger charge is -2.21. The van der Waals surface area contributed by atoms with E-state index in [4.69, 9.17) is 4.42 Å². The first-order valence-corrected chi connectivity index (χ1v) is 9.86. The molecule has 0 spiro atoms. The van der Waals surface area contributed by atoms with Crippen molar-refractivity contribution in [1.82, 2.24) is 20.2 Å². The van der Waals surface area contributed by atoms with E-state index in [0.29, 0.717) is 15.6 Å². The molecule has 0 unspecified atom stereocenters. The molecule has 0 saturated carbocycles. The van der Waals surface area contributed by atoms with Crippen LogP contribution in [0.15, 0.2) is 29.1 Å². The van der Waals surface area contributed by atoms with Crippen LogP contribution in [0, 0.1) is 6.92 Å². The van der Waals surface area contributed by atoms with Crippen molar-refractivity contribution in [2.45, 2.75) is 19.9 Å². The number of hydrogen-bond acceptors (Lipinski definition) is 8. The smallest absolute Gasteiger partial charge is 0.314 e. The highest BCUT2D eigenvalue weighted by Crippen LogP contribution is 2.29. The van der Waals surface area contributed by atoms with Gasteiger partial charge < -0.3 is 4.42 Å². The standard InChI is InChI=1S/C14H13F2N5O3S2/c1-8-3-9(5-17-4-8)21(26(2,22)23)7-11-18-6-10(25-11)13-19-20-14(24-13)12(15)16/h3-6,12H,7H2,1-2H3. The first-order valence-electron chi connectivity index (χ1n) is 7.20. The fourth-order valence-electron chi connectivity index (χ4n) is 2.10. The summed E-state index contributed by atoms with van der Waals surface area (Å²) in [5.74, 6) is -0.870. The number of sulfonamides is 1. The van der Waals surface area contributed by atoms with E-state index in [1.54, 1.807) is 19.2 Å². The maximum atomic E-state index is 12.5. The molecule has 0 aliphatic carbocycles. The summed E-state index contributed by atoms with van der Waals surface area (Å²) >= 11 is 1.08. The van der Waals surface area contributed by atoms with Gasteiger partial charge in [-0.1, -0.05) is 0 Å². The molecule has 138 valence electrons. The Kier molecular flexibility index (Phi) is 4.96. The van der Waals surface area contributed by atoms with E-state index in [9.17, 15) is 17.2 Å². The van der Waals surface area contributed by atoms with Gasteiger partial charge in [-0.25, -0.2) is 13.4 Å². The van der Waals surface area contributed by atoms with Gasteiger partial charge in [-0.05, 0) is 18.6 Å². The van der Waals surface area contributed by atoms with E-state index in [0.717, 1.165) is 27.5 Å². The molecule has 0 aliphatic rings. The van der Waals surface area contributed by atoms with Gasteiger partial charge in [-0.15, -0.1) is 21.5 Å². The Morgan fingerprint density at radius 3 is 2.65 bits per heavy atom. The van der Waals surface area contributed by atoms with Gasteiger partial charge in [-0.3, -0.25) is 9.29 Å². The van der Waals surface area contributed by atoms with Crippen LogP contribution >= 0.6 is 11.3 Å². The van der Waals surface area contributed by atoms with E-state index in [2.05, 4.69) is 20.2 Å². The van der Waals surface area contributed by atoms with E-state index in [-0.39, 0.29) is 12.4 Å². The molecular weight excluding hydrogens is 388 g/mol. The zero-order chi connectivity index (χ0) is 18.9. The Labute approximate surface area is 151 Å². The fourth-order valence-corrected chi connectivity index (χ4v) is 3.85. The van der Waals surface area contributed by atoms with Gasteiger partial charge in [0.1, 0.15) is 9.88 Å². The molecule has 12 heteroatoms. The number of alkyl halides is 2. The molecule has 0 aromatic carbocycles. The second kappa shape index (κ2) is 7.03. The Morgan fingerprint density at radius 1 is 1.27 bits per heavy atom. The van der Waals surface area contributed by atoms with Crippen LogP contribution in [0.4, 0.5) is 14.5 Å². The molecule has 0 fully saturated rings. The van der Waals surface area contributed by atoms with E-state index >= 15 is 0 Å². The van der Waals surface area contributed by atoms with Crippen LogP contribution in [0.5, 0.6) is 0 Å². The van der Waals surface area contributed by atoms with Crippen molar-refractivity contribution in [1.29, 1.82) is 0 Å². The summed E-state index contributed by atoms with van der Waals surface area (Å²) in [6, 6.07) is 1.69. The third-order valence-electron chi connectivity index (χ3n) is 3.22. The van der Waals surface area contributed by atoms with Crippen molar-refractivity contribution in [3.63, 3.8) is 0 Å². The first kappa shape index (κ1) is 18.3. The van der Waals surface area contributed by atoms with Crippen molar-refractivity contribution in [3.8, 4) is 10.8 Å². The SMILES string of the molecule is Cc1cncc(N(Cc2ncc(-c3nnc(C(F)F)o3)s2)S(C)(=O)=O)c1. The average molecular weight is 401 g/mol. The summed E-state index contributed by atoms with van der Waals surface area (Å²) in [6.45, 7) is 1.76. The molecule has 0 radical (unpaired) electrons. The third kappa shape index (κ3) is 4.02. The Balaban J connectivity index is 1.87. The lowest BCUT2D eigenvalue weighted by molar-refractivity contribution is 0.116. The van der Waals surface area contributed by atoms with Gasteiger partial charge in [0.2, 0.25) is 10.0 Å². The molecule has 0 bridgehead atoms.